The lowest BCUT2D eigenvalue weighted by atomic mass is 10.1. The lowest BCUT2D eigenvalue weighted by Crippen LogP contribution is -2.28. The van der Waals surface area contributed by atoms with Gasteiger partial charge in [-0.15, -0.1) is 0 Å². The molecule has 0 saturated heterocycles. The summed E-state index contributed by atoms with van der Waals surface area (Å²) in [7, 11) is 1.51. The van der Waals surface area contributed by atoms with Crippen LogP contribution in [0.4, 0.5) is 17.2 Å². The summed E-state index contributed by atoms with van der Waals surface area (Å²) < 4.78 is 5.58. The zero-order valence-electron chi connectivity index (χ0n) is 19.1. The third kappa shape index (κ3) is 5.50. The molecular weight excluding hydrogens is 420 g/mol. The molecule has 0 spiro atoms. The van der Waals surface area contributed by atoms with Crippen LogP contribution >= 0.6 is 0 Å². The Kier molecular flexibility index (Phi) is 6.91. The van der Waals surface area contributed by atoms with Gasteiger partial charge in [-0.05, 0) is 50.7 Å². The van der Waals surface area contributed by atoms with Gasteiger partial charge in [0.2, 0.25) is 5.91 Å². The first-order valence-electron chi connectivity index (χ1n) is 11.5. The standard InChI is InChI=1S/C25H30N4O4/c1-15(30)19-14-26-22(29-24(31)17-10-11-17)12-21(19)28-20-9-5-8-18(23(20)33-2)25(32)27-13-16-6-3-4-7-16/h5,8-9,12,14,16-17H,3-4,6-7,10-11,13H2,1-2H3,(H,27,32)(H2,26,28,29,31). The van der Waals surface area contributed by atoms with E-state index in [-0.39, 0.29) is 23.5 Å². The van der Waals surface area contributed by atoms with Crippen molar-refractivity contribution in [3.63, 3.8) is 0 Å². The fraction of sp³-hybridized carbons (Fsp3) is 0.440. The molecule has 8 heteroatoms. The van der Waals surface area contributed by atoms with Crippen LogP contribution in [0.5, 0.6) is 5.75 Å². The first kappa shape index (κ1) is 22.8. The molecule has 0 bridgehead atoms. The topological polar surface area (TPSA) is 109 Å². The minimum absolute atomic E-state index is 0.0372. The number of nitrogens with zero attached hydrogens (tertiary/aromatic N) is 1. The van der Waals surface area contributed by atoms with E-state index in [9.17, 15) is 14.4 Å². The molecule has 3 N–H and O–H groups in total. The van der Waals surface area contributed by atoms with Crippen molar-refractivity contribution in [3.8, 4) is 5.75 Å². The number of methoxy groups -OCH3 is 1. The number of pyridine rings is 1. The largest absolute Gasteiger partial charge is 0.494 e. The minimum Gasteiger partial charge on any atom is -0.494 e. The van der Waals surface area contributed by atoms with Gasteiger partial charge in [0.15, 0.2) is 11.5 Å². The molecule has 2 aliphatic carbocycles. The Bertz CT molecular complexity index is 1060. The number of rotatable bonds is 9. The van der Waals surface area contributed by atoms with Crippen LogP contribution in [0.25, 0.3) is 0 Å². The number of nitrogens with one attached hydrogen (secondary N) is 3. The van der Waals surface area contributed by atoms with Crippen molar-refractivity contribution >= 4 is 34.8 Å². The van der Waals surface area contributed by atoms with Crippen molar-refractivity contribution in [2.45, 2.75) is 45.4 Å². The summed E-state index contributed by atoms with van der Waals surface area (Å²) in [6.07, 6.45) is 7.94. The molecule has 2 fully saturated rings. The second kappa shape index (κ2) is 10.0. The van der Waals surface area contributed by atoms with Gasteiger partial charge in [-0.1, -0.05) is 18.9 Å². The maximum Gasteiger partial charge on any atom is 0.255 e. The zero-order chi connectivity index (χ0) is 23.4. The van der Waals surface area contributed by atoms with Gasteiger partial charge in [0.05, 0.1) is 29.6 Å². The Morgan fingerprint density at radius 2 is 1.82 bits per heavy atom. The maximum absolute atomic E-state index is 12.9. The molecule has 0 atom stereocenters. The number of benzene rings is 1. The van der Waals surface area contributed by atoms with E-state index in [4.69, 9.17) is 4.74 Å². The van der Waals surface area contributed by atoms with Crippen molar-refractivity contribution in [1.29, 1.82) is 0 Å². The molecule has 1 heterocycles. The predicted molar refractivity (Wildman–Crippen MR) is 126 cm³/mol. The molecule has 2 saturated carbocycles. The highest BCUT2D eigenvalue weighted by Gasteiger charge is 2.30. The van der Waals surface area contributed by atoms with Gasteiger partial charge in [-0.3, -0.25) is 14.4 Å². The summed E-state index contributed by atoms with van der Waals surface area (Å²) in [6.45, 7) is 2.11. The van der Waals surface area contributed by atoms with Gasteiger partial charge in [0.25, 0.3) is 5.91 Å². The van der Waals surface area contributed by atoms with Crippen LogP contribution in [0, 0.1) is 11.8 Å². The Morgan fingerprint density at radius 3 is 2.48 bits per heavy atom. The van der Waals surface area contributed by atoms with Crippen LogP contribution in [0.1, 0.15) is 66.2 Å². The molecule has 1 aromatic heterocycles. The Labute approximate surface area is 193 Å². The predicted octanol–water partition coefficient (Wildman–Crippen LogP) is 4.30. The number of amides is 2. The fourth-order valence-corrected chi connectivity index (χ4v) is 4.21. The third-order valence-electron chi connectivity index (χ3n) is 6.24. The highest BCUT2D eigenvalue weighted by Crippen LogP contribution is 2.34. The number of carbonyl (C=O) groups is 3. The van der Waals surface area contributed by atoms with E-state index in [1.54, 1.807) is 24.3 Å². The van der Waals surface area contributed by atoms with E-state index in [2.05, 4.69) is 20.9 Å². The van der Waals surface area contributed by atoms with Crippen LogP contribution in [-0.4, -0.2) is 36.2 Å². The number of ether oxygens (including phenoxy) is 1. The highest BCUT2D eigenvalue weighted by molar-refractivity contribution is 6.03. The second-order valence-electron chi connectivity index (χ2n) is 8.81. The molecule has 0 unspecified atom stereocenters. The van der Waals surface area contributed by atoms with E-state index in [0.717, 1.165) is 25.7 Å². The number of Topliss-reactive ketones (excluding diaryl/α,β-unsaturated/α-hetero) is 1. The molecule has 2 aromatic rings. The van der Waals surface area contributed by atoms with Gasteiger partial charge in [0, 0.05) is 24.7 Å². The van der Waals surface area contributed by atoms with E-state index in [0.29, 0.717) is 46.5 Å². The van der Waals surface area contributed by atoms with Crippen LogP contribution in [-0.2, 0) is 4.79 Å². The van der Waals surface area contributed by atoms with Gasteiger partial charge in [0.1, 0.15) is 5.82 Å². The second-order valence-corrected chi connectivity index (χ2v) is 8.81. The SMILES string of the molecule is COc1c(Nc2cc(NC(=O)C3CC3)ncc2C(C)=O)cccc1C(=O)NCC1CCCC1. The number of ketones is 1. The summed E-state index contributed by atoms with van der Waals surface area (Å²) in [4.78, 5) is 41.4. The smallest absolute Gasteiger partial charge is 0.255 e. The van der Waals surface area contributed by atoms with Crippen LogP contribution in [0.15, 0.2) is 30.5 Å². The average Bonchev–Trinajstić information content (AvgIpc) is 3.53. The van der Waals surface area contributed by atoms with Crippen molar-refractivity contribution in [2.24, 2.45) is 11.8 Å². The number of carbonyl (C=O) groups excluding carboxylic acids is 3. The quantitative estimate of drug-likeness (QED) is 0.491. The molecule has 4 rings (SSSR count). The molecule has 0 radical (unpaired) electrons. The summed E-state index contributed by atoms with van der Waals surface area (Å²) in [5.74, 6) is 0.883. The first-order chi connectivity index (χ1) is 16.0. The van der Waals surface area contributed by atoms with Crippen LogP contribution < -0.4 is 20.7 Å². The van der Waals surface area contributed by atoms with E-state index >= 15 is 0 Å². The van der Waals surface area contributed by atoms with Crippen molar-refractivity contribution in [3.05, 3.63) is 41.6 Å². The van der Waals surface area contributed by atoms with E-state index < -0.39 is 0 Å². The lowest BCUT2D eigenvalue weighted by molar-refractivity contribution is -0.117. The molecule has 8 nitrogen and oxygen atoms in total. The lowest BCUT2D eigenvalue weighted by Gasteiger charge is -2.17. The van der Waals surface area contributed by atoms with E-state index in [1.807, 2.05) is 0 Å². The molecule has 1 aromatic carbocycles. The monoisotopic (exact) mass is 450 g/mol. The van der Waals surface area contributed by atoms with Crippen molar-refractivity contribution in [2.75, 3.05) is 24.3 Å². The number of aromatic nitrogens is 1. The molecule has 33 heavy (non-hydrogen) atoms. The molecule has 174 valence electrons. The summed E-state index contributed by atoms with van der Waals surface area (Å²) in [6, 6.07) is 6.89. The normalized spacial score (nSPS) is 15.7. The number of anilines is 3. The number of hydrogen-bond acceptors (Lipinski definition) is 6. The fourth-order valence-electron chi connectivity index (χ4n) is 4.21. The van der Waals surface area contributed by atoms with Gasteiger partial charge in [-0.2, -0.15) is 0 Å². The average molecular weight is 451 g/mol. The molecule has 2 aliphatic rings. The van der Waals surface area contributed by atoms with Crippen LogP contribution in [0.3, 0.4) is 0 Å². The maximum atomic E-state index is 12.9. The van der Waals surface area contributed by atoms with Crippen LogP contribution in [0.2, 0.25) is 0 Å². The van der Waals surface area contributed by atoms with Gasteiger partial charge in [-0.25, -0.2) is 4.98 Å². The van der Waals surface area contributed by atoms with Gasteiger partial charge < -0.3 is 20.7 Å². The Morgan fingerprint density at radius 1 is 1.06 bits per heavy atom. The summed E-state index contributed by atoms with van der Waals surface area (Å²) in [5.41, 5.74) is 1.81. The van der Waals surface area contributed by atoms with Gasteiger partial charge >= 0.3 is 0 Å². The zero-order valence-corrected chi connectivity index (χ0v) is 19.1. The summed E-state index contributed by atoms with van der Waals surface area (Å²) in [5, 5.41) is 9.03. The number of para-hydroxylation sites is 1. The first-order valence-corrected chi connectivity index (χ1v) is 11.5. The molecular formula is C25H30N4O4. The summed E-state index contributed by atoms with van der Waals surface area (Å²) >= 11 is 0. The Hall–Kier alpha value is -3.42. The minimum atomic E-state index is -0.193. The highest BCUT2D eigenvalue weighted by atomic mass is 16.5. The Balaban J connectivity index is 1.57. The molecule has 0 aliphatic heterocycles. The number of hydrogen-bond donors (Lipinski definition) is 3. The van der Waals surface area contributed by atoms with Crippen molar-refractivity contribution in [1.82, 2.24) is 10.3 Å². The van der Waals surface area contributed by atoms with Crippen molar-refractivity contribution < 1.29 is 19.1 Å². The van der Waals surface area contributed by atoms with E-state index in [1.165, 1.54) is 33.1 Å². The third-order valence-corrected chi connectivity index (χ3v) is 6.24. The molecule has 2 amide bonds.